The van der Waals surface area contributed by atoms with Crippen LogP contribution in [-0.4, -0.2) is 28.9 Å². The number of carbonyl (C=O) groups excluding carboxylic acids is 1. The quantitative estimate of drug-likeness (QED) is 0.765. The topological polar surface area (TPSA) is 57.0 Å². The van der Waals surface area contributed by atoms with Gasteiger partial charge in [0.2, 0.25) is 0 Å². The van der Waals surface area contributed by atoms with Crippen LogP contribution in [0.3, 0.4) is 0 Å². The van der Waals surface area contributed by atoms with E-state index in [4.69, 9.17) is 28.5 Å². The Bertz CT molecular complexity index is 436. The lowest BCUT2D eigenvalue weighted by Crippen LogP contribution is -2.34. The highest BCUT2D eigenvalue weighted by Crippen LogP contribution is 2.16. The van der Waals surface area contributed by atoms with Gasteiger partial charge in [-0.25, -0.2) is 4.98 Å². The van der Waals surface area contributed by atoms with Crippen molar-refractivity contribution in [3.63, 3.8) is 0 Å². The van der Waals surface area contributed by atoms with Gasteiger partial charge in [0.25, 0.3) is 5.91 Å². The summed E-state index contributed by atoms with van der Waals surface area (Å²) in [7, 11) is 1.54. The minimum Gasteiger partial charge on any atom is -0.326 e. The Hall–Kier alpha value is -1.31. The average molecular weight is 258 g/mol. The molecule has 0 aliphatic rings. The van der Waals surface area contributed by atoms with E-state index < -0.39 is 6.04 Å². The van der Waals surface area contributed by atoms with E-state index >= 15 is 0 Å². The SMILES string of the molecule is CC(C#N)N(C)C(=O)c1cc(Cl)nc(Cl)c1. The standard InChI is InChI=1S/C10H9Cl2N3O/c1-6(5-13)15(2)10(16)7-3-8(11)14-9(12)4-7/h3-4,6H,1-2H3. The minimum absolute atomic E-state index is 0.147. The smallest absolute Gasteiger partial charge is 0.254 e. The van der Waals surface area contributed by atoms with Gasteiger partial charge in [0, 0.05) is 12.6 Å². The van der Waals surface area contributed by atoms with Gasteiger partial charge in [0.1, 0.15) is 16.3 Å². The summed E-state index contributed by atoms with van der Waals surface area (Å²) in [4.78, 5) is 16.9. The van der Waals surface area contributed by atoms with E-state index in [1.54, 1.807) is 14.0 Å². The monoisotopic (exact) mass is 257 g/mol. The predicted octanol–water partition coefficient (Wildman–Crippen LogP) is 2.37. The van der Waals surface area contributed by atoms with Gasteiger partial charge in [0.15, 0.2) is 0 Å². The van der Waals surface area contributed by atoms with Gasteiger partial charge in [-0.1, -0.05) is 23.2 Å². The number of aromatic nitrogens is 1. The summed E-state index contributed by atoms with van der Waals surface area (Å²) in [5, 5.41) is 9.00. The molecule has 0 spiro atoms. The molecule has 0 saturated heterocycles. The fourth-order valence-electron chi connectivity index (χ4n) is 1.05. The second-order valence-electron chi connectivity index (χ2n) is 3.22. The molecule has 4 nitrogen and oxygen atoms in total. The van der Waals surface area contributed by atoms with Crippen LogP contribution in [-0.2, 0) is 0 Å². The molecule has 6 heteroatoms. The zero-order chi connectivity index (χ0) is 12.3. The molecule has 0 N–H and O–H groups in total. The Kier molecular flexibility index (Phi) is 4.11. The van der Waals surface area contributed by atoms with E-state index in [0.717, 1.165) is 0 Å². The van der Waals surface area contributed by atoms with Gasteiger partial charge in [-0.15, -0.1) is 0 Å². The van der Waals surface area contributed by atoms with Crippen molar-refractivity contribution < 1.29 is 4.79 Å². The molecule has 1 aromatic rings. The third kappa shape index (κ3) is 2.84. The lowest BCUT2D eigenvalue weighted by molar-refractivity contribution is 0.0773. The zero-order valence-electron chi connectivity index (χ0n) is 8.74. The molecule has 1 aromatic heterocycles. The van der Waals surface area contributed by atoms with E-state index in [-0.39, 0.29) is 16.2 Å². The summed E-state index contributed by atoms with van der Waals surface area (Å²) >= 11 is 11.4. The third-order valence-electron chi connectivity index (χ3n) is 2.10. The van der Waals surface area contributed by atoms with Crippen molar-refractivity contribution in [2.45, 2.75) is 13.0 Å². The van der Waals surface area contributed by atoms with Crippen molar-refractivity contribution in [1.82, 2.24) is 9.88 Å². The first-order valence-electron chi connectivity index (χ1n) is 4.45. The lowest BCUT2D eigenvalue weighted by Gasteiger charge is -2.19. The number of amides is 1. The maximum Gasteiger partial charge on any atom is 0.254 e. The fourth-order valence-corrected chi connectivity index (χ4v) is 1.51. The molecule has 16 heavy (non-hydrogen) atoms. The number of hydrogen-bond donors (Lipinski definition) is 0. The number of pyridine rings is 1. The number of rotatable bonds is 2. The van der Waals surface area contributed by atoms with Crippen LogP contribution in [0.4, 0.5) is 0 Å². The van der Waals surface area contributed by atoms with Crippen molar-refractivity contribution in [2.75, 3.05) is 7.05 Å². The molecule has 0 aromatic carbocycles. The number of nitrogens with zero attached hydrogens (tertiary/aromatic N) is 3. The van der Waals surface area contributed by atoms with E-state index in [0.29, 0.717) is 5.56 Å². The molecule has 0 fully saturated rings. The summed E-state index contributed by atoms with van der Waals surface area (Å²) < 4.78 is 0. The maximum atomic E-state index is 11.9. The van der Waals surface area contributed by atoms with Crippen LogP contribution in [0.25, 0.3) is 0 Å². The molecular weight excluding hydrogens is 249 g/mol. The van der Waals surface area contributed by atoms with Crippen LogP contribution in [0.2, 0.25) is 10.3 Å². The average Bonchev–Trinajstić information content (AvgIpc) is 2.24. The van der Waals surface area contributed by atoms with Crippen molar-refractivity contribution in [2.24, 2.45) is 0 Å². The van der Waals surface area contributed by atoms with E-state index in [1.165, 1.54) is 17.0 Å². The highest BCUT2D eigenvalue weighted by Gasteiger charge is 2.18. The Balaban J connectivity index is 3.01. The van der Waals surface area contributed by atoms with Crippen molar-refractivity contribution in [3.05, 3.63) is 28.0 Å². The number of nitriles is 1. The van der Waals surface area contributed by atoms with Crippen molar-refractivity contribution in [3.8, 4) is 6.07 Å². The Morgan fingerprint density at radius 2 is 2.00 bits per heavy atom. The van der Waals surface area contributed by atoms with Crippen LogP contribution in [0.1, 0.15) is 17.3 Å². The van der Waals surface area contributed by atoms with Gasteiger partial charge >= 0.3 is 0 Å². The molecule has 0 bridgehead atoms. The van der Waals surface area contributed by atoms with Crippen LogP contribution < -0.4 is 0 Å². The van der Waals surface area contributed by atoms with Crippen LogP contribution >= 0.6 is 23.2 Å². The molecular formula is C10H9Cl2N3O. The maximum absolute atomic E-state index is 11.9. The number of carbonyl (C=O) groups is 1. The highest BCUT2D eigenvalue weighted by molar-refractivity contribution is 6.33. The second-order valence-corrected chi connectivity index (χ2v) is 4.00. The van der Waals surface area contributed by atoms with E-state index in [2.05, 4.69) is 4.98 Å². The van der Waals surface area contributed by atoms with Crippen LogP contribution in [0, 0.1) is 11.3 Å². The fraction of sp³-hybridized carbons (Fsp3) is 0.300. The van der Waals surface area contributed by atoms with E-state index in [1.807, 2.05) is 6.07 Å². The molecule has 84 valence electrons. The molecule has 1 rings (SSSR count). The predicted molar refractivity (Wildman–Crippen MR) is 61.4 cm³/mol. The third-order valence-corrected chi connectivity index (χ3v) is 2.49. The molecule has 0 saturated carbocycles. The molecule has 1 amide bonds. The van der Waals surface area contributed by atoms with Gasteiger partial charge in [-0.2, -0.15) is 5.26 Å². The van der Waals surface area contributed by atoms with Crippen LogP contribution in [0.15, 0.2) is 12.1 Å². The van der Waals surface area contributed by atoms with Crippen LogP contribution in [0.5, 0.6) is 0 Å². The first kappa shape index (κ1) is 12.8. The Morgan fingerprint density at radius 1 is 1.50 bits per heavy atom. The normalized spacial score (nSPS) is 11.7. The molecule has 0 aliphatic heterocycles. The molecule has 1 heterocycles. The first-order valence-corrected chi connectivity index (χ1v) is 5.21. The number of hydrogen-bond acceptors (Lipinski definition) is 3. The summed E-state index contributed by atoms with van der Waals surface area (Å²) in [6, 6.07) is 4.28. The van der Waals surface area contributed by atoms with E-state index in [9.17, 15) is 4.79 Å². The minimum atomic E-state index is -0.516. The Labute approximate surface area is 103 Å². The van der Waals surface area contributed by atoms with Gasteiger partial charge < -0.3 is 4.90 Å². The Morgan fingerprint density at radius 3 is 2.44 bits per heavy atom. The second kappa shape index (κ2) is 5.15. The zero-order valence-corrected chi connectivity index (χ0v) is 10.2. The van der Waals surface area contributed by atoms with Crippen molar-refractivity contribution >= 4 is 29.1 Å². The van der Waals surface area contributed by atoms with Crippen molar-refractivity contribution in [1.29, 1.82) is 5.26 Å². The summed E-state index contributed by atoms with van der Waals surface area (Å²) in [6.07, 6.45) is 0. The largest absolute Gasteiger partial charge is 0.326 e. The van der Waals surface area contributed by atoms with Gasteiger partial charge in [-0.05, 0) is 19.1 Å². The molecule has 1 atom stereocenters. The molecule has 0 radical (unpaired) electrons. The number of halogens is 2. The molecule has 1 unspecified atom stereocenters. The highest BCUT2D eigenvalue weighted by atomic mass is 35.5. The lowest BCUT2D eigenvalue weighted by atomic mass is 10.2. The van der Waals surface area contributed by atoms with Gasteiger partial charge in [-0.3, -0.25) is 4.79 Å². The summed E-state index contributed by atoms with van der Waals surface area (Å²) in [6.45, 7) is 1.63. The van der Waals surface area contributed by atoms with Gasteiger partial charge in [0.05, 0.1) is 6.07 Å². The first-order chi connectivity index (χ1) is 7.45. The molecule has 0 aliphatic carbocycles. The summed E-state index contributed by atoms with van der Waals surface area (Å²) in [5.74, 6) is -0.319. The summed E-state index contributed by atoms with van der Waals surface area (Å²) in [5.41, 5.74) is 0.314.